The fraction of sp³-hybridized carbons (Fsp3) is 0.357. The highest BCUT2D eigenvalue weighted by Gasteiger charge is 2.17. The smallest absolute Gasteiger partial charge is 0.270 e. The number of rotatable bonds is 3. The van der Waals surface area contributed by atoms with E-state index >= 15 is 0 Å². The van der Waals surface area contributed by atoms with Gasteiger partial charge in [-0.2, -0.15) is 5.10 Å². The van der Waals surface area contributed by atoms with Gasteiger partial charge in [-0.15, -0.1) is 0 Å². The molecule has 104 valence electrons. The Morgan fingerprint density at radius 2 is 2.35 bits per heavy atom. The molecule has 1 aliphatic heterocycles. The highest BCUT2D eigenvalue weighted by molar-refractivity contribution is 5.92. The van der Waals surface area contributed by atoms with Gasteiger partial charge >= 0.3 is 0 Å². The summed E-state index contributed by atoms with van der Waals surface area (Å²) in [6.45, 7) is 1.85. The van der Waals surface area contributed by atoms with E-state index in [0.29, 0.717) is 11.5 Å². The minimum atomic E-state index is -0.132. The number of aromatic nitrogens is 3. The van der Waals surface area contributed by atoms with Crippen molar-refractivity contribution in [1.82, 2.24) is 25.4 Å². The van der Waals surface area contributed by atoms with Crippen LogP contribution in [0.2, 0.25) is 0 Å². The van der Waals surface area contributed by atoms with Crippen LogP contribution in [-0.4, -0.2) is 39.8 Å². The lowest BCUT2D eigenvalue weighted by molar-refractivity contribution is 0.0925. The molecule has 6 nitrogen and oxygen atoms in total. The standard InChI is InChI=1S/C14H17N5O/c20-14(17-11-4-2-7-15-10-11)12-5-1-6-13(18-12)19-9-3-8-16-19/h1,3,5-6,8-9,11,15H,2,4,7,10H2,(H,17,20)/t11-/m0/s1. The van der Waals surface area contributed by atoms with Gasteiger partial charge in [0.2, 0.25) is 0 Å². The lowest BCUT2D eigenvalue weighted by Gasteiger charge is -2.23. The number of hydrogen-bond acceptors (Lipinski definition) is 4. The second-order valence-corrected chi connectivity index (χ2v) is 4.85. The van der Waals surface area contributed by atoms with Crippen molar-refractivity contribution in [3.8, 4) is 5.82 Å². The molecule has 2 aromatic heterocycles. The summed E-state index contributed by atoms with van der Waals surface area (Å²) >= 11 is 0. The Hall–Kier alpha value is -2.21. The molecule has 2 aromatic rings. The van der Waals surface area contributed by atoms with Crippen LogP contribution in [-0.2, 0) is 0 Å². The molecule has 3 heterocycles. The normalized spacial score (nSPS) is 18.7. The summed E-state index contributed by atoms with van der Waals surface area (Å²) in [5.74, 6) is 0.511. The highest BCUT2D eigenvalue weighted by Crippen LogP contribution is 2.06. The van der Waals surface area contributed by atoms with E-state index < -0.39 is 0 Å². The Morgan fingerprint density at radius 1 is 1.40 bits per heavy atom. The van der Waals surface area contributed by atoms with E-state index in [4.69, 9.17) is 0 Å². The fourth-order valence-electron chi connectivity index (χ4n) is 2.32. The largest absolute Gasteiger partial charge is 0.347 e. The molecule has 0 spiro atoms. The molecule has 2 N–H and O–H groups in total. The average molecular weight is 271 g/mol. The molecule has 1 saturated heterocycles. The number of carbonyl (C=O) groups excluding carboxylic acids is 1. The number of nitrogens with one attached hydrogen (secondary N) is 2. The summed E-state index contributed by atoms with van der Waals surface area (Å²) in [7, 11) is 0. The molecule has 3 rings (SSSR count). The summed E-state index contributed by atoms with van der Waals surface area (Å²) in [6.07, 6.45) is 5.58. The topological polar surface area (TPSA) is 71.8 Å². The number of pyridine rings is 1. The number of amides is 1. The van der Waals surface area contributed by atoms with Crippen LogP contribution in [0.3, 0.4) is 0 Å². The summed E-state index contributed by atoms with van der Waals surface area (Å²) in [6, 6.07) is 7.37. The van der Waals surface area contributed by atoms with Crippen molar-refractivity contribution in [3.63, 3.8) is 0 Å². The molecule has 0 radical (unpaired) electrons. The number of nitrogens with zero attached hydrogens (tertiary/aromatic N) is 3. The van der Waals surface area contributed by atoms with E-state index in [1.54, 1.807) is 23.1 Å². The molecule has 20 heavy (non-hydrogen) atoms. The van der Waals surface area contributed by atoms with Crippen LogP contribution >= 0.6 is 0 Å². The minimum absolute atomic E-state index is 0.132. The van der Waals surface area contributed by atoms with Crippen molar-refractivity contribution < 1.29 is 4.79 Å². The Kier molecular flexibility index (Phi) is 3.73. The fourth-order valence-corrected chi connectivity index (χ4v) is 2.32. The first kappa shape index (κ1) is 12.8. The van der Waals surface area contributed by atoms with Crippen molar-refractivity contribution in [2.45, 2.75) is 18.9 Å². The predicted molar refractivity (Wildman–Crippen MR) is 74.7 cm³/mol. The lowest BCUT2D eigenvalue weighted by Crippen LogP contribution is -2.45. The van der Waals surface area contributed by atoms with E-state index in [-0.39, 0.29) is 11.9 Å². The van der Waals surface area contributed by atoms with Gasteiger partial charge in [-0.1, -0.05) is 6.07 Å². The third-order valence-corrected chi connectivity index (χ3v) is 3.34. The van der Waals surface area contributed by atoms with Crippen LogP contribution in [0.15, 0.2) is 36.7 Å². The highest BCUT2D eigenvalue weighted by atomic mass is 16.1. The first-order valence-corrected chi connectivity index (χ1v) is 6.81. The SMILES string of the molecule is O=C(N[C@H]1CCCNC1)c1cccc(-n2cccn2)n1. The van der Waals surface area contributed by atoms with E-state index in [2.05, 4.69) is 20.7 Å². The first-order chi connectivity index (χ1) is 9.83. The van der Waals surface area contributed by atoms with Crippen LogP contribution in [0.1, 0.15) is 23.3 Å². The molecule has 0 aromatic carbocycles. The summed E-state index contributed by atoms with van der Waals surface area (Å²) in [4.78, 5) is 16.6. The van der Waals surface area contributed by atoms with Crippen molar-refractivity contribution >= 4 is 5.91 Å². The zero-order valence-corrected chi connectivity index (χ0v) is 11.1. The second kappa shape index (κ2) is 5.83. The molecule has 0 aliphatic carbocycles. The van der Waals surface area contributed by atoms with Crippen LogP contribution in [0, 0.1) is 0 Å². The van der Waals surface area contributed by atoms with Crippen molar-refractivity contribution in [3.05, 3.63) is 42.4 Å². The van der Waals surface area contributed by atoms with Crippen molar-refractivity contribution in [1.29, 1.82) is 0 Å². The van der Waals surface area contributed by atoms with Crippen LogP contribution in [0.5, 0.6) is 0 Å². The van der Waals surface area contributed by atoms with Crippen LogP contribution < -0.4 is 10.6 Å². The molecule has 1 aliphatic rings. The van der Waals surface area contributed by atoms with Gasteiger partial charge in [-0.05, 0) is 37.6 Å². The molecule has 1 atom stereocenters. The van der Waals surface area contributed by atoms with Gasteiger partial charge in [0.05, 0.1) is 0 Å². The Morgan fingerprint density at radius 3 is 3.10 bits per heavy atom. The number of piperidine rings is 1. The molecule has 6 heteroatoms. The molecule has 0 bridgehead atoms. The number of hydrogen-bond donors (Lipinski definition) is 2. The summed E-state index contributed by atoms with van der Waals surface area (Å²) in [5.41, 5.74) is 0.420. The van der Waals surface area contributed by atoms with E-state index in [1.807, 2.05) is 18.2 Å². The maximum atomic E-state index is 12.2. The Labute approximate surface area is 117 Å². The van der Waals surface area contributed by atoms with E-state index in [0.717, 1.165) is 25.9 Å². The molecular formula is C14H17N5O. The molecular weight excluding hydrogens is 254 g/mol. The summed E-state index contributed by atoms with van der Waals surface area (Å²) in [5, 5.41) is 10.4. The second-order valence-electron chi connectivity index (χ2n) is 4.85. The molecule has 0 unspecified atom stereocenters. The molecule has 1 fully saturated rings. The van der Waals surface area contributed by atoms with Crippen molar-refractivity contribution in [2.75, 3.05) is 13.1 Å². The average Bonchev–Trinajstić information content (AvgIpc) is 3.03. The Bertz CT molecular complexity index is 575. The van der Waals surface area contributed by atoms with E-state index in [9.17, 15) is 4.79 Å². The van der Waals surface area contributed by atoms with Gasteiger partial charge in [0.25, 0.3) is 5.91 Å². The monoisotopic (exact) mass is 271 g/mol. The first-order valence-electron chi connectivity index (χ1n) is 6.81. The van der Waals surface area contributed by atoms with Gasteiger partial charge in [-0.3, -0.25) is 4.79 Å². The van der Waals surface area contributed by atoms with Gasteiger partial charge in [0.15, 0.2) is 5.82 Å². The van der Waals surface area contributed by atoms with Crippen molar-refractivity contribution in [2.24, 2.45) is 0 Å². The predicted octanol–water partition coefficient (Wildman–Crippen LogP) is 0.749. The number of carbonyl (C=O) groups is 1. The third kappa shape index (κ3) is 2.85. The maximum absolute atomic E-state index is 12.2. The lowest BCUT2D eigenvalue weighted by atomic mass is 10.1. The zero-order valence-electron chi connectivity index (χ0n) is 11.1. The maximum Gasteiger partial charge on any atom is 0.270 e. The summed E-state index contributed by atoms with van der Waals surface area (Å²) < 4.78 is 1.64. The van der Waals surface area contributed by atoms with Crippen LogP contribution in [0.4, 0.5) is 0 Å². The molecule has 1 amide bonds. The minimum Gasteiger partial charge on any atom is -0.347 e. The van der Waals surface area contributed by atoms with Crippen LogP contribution in [0.25, 0.3) is 5.82 Å². The zero-order chi connectivity index (χ0) is 13.8. The van der Waals surface area contributed by atoms with Gasteiger partial charge in [0, 0.05) is 25.0 Å². The quantitative estimate of drug-likeness (QED) is 0.864. The van der Waals surface area contributed by atoms with Gasteiger partial charge < -0.3 is 10.6 Å². The molecule has 0 saturated carbocycles. The Balaban J connectivity index is 1.73. The van der Waals surface area contributed by atoms with Gasteiger partial charge in [0.1, 0.15) is 5.69 Å². The van der Waals surface area contributed by atoms with Gasteiger partial charge in [-0.25, -0.2) is 9.67 Å². The third-order valence-electron chi connectivity index (χ3n) is 3.34. The van der Waals surface area contributed by atoms with E-state index in [1.165, 1.54) is 0 Å².